The molecule has 20 heavy (non-hydrogen) atoms. The molecule has 0 aliphatic heterocycles. The number of nitrogens with one attached hydrogen (secondary N) is 1. The zero-order valence-corrected chi connectivity index (χ0v) is 13.3. The first-order valence-corrected chi connectivity index (χ1v) is 7.44. The van der Waals surface area contributed by atoms with Crippen molar-refractivity contribution in [3.63, 3.8) is 0 Å². The number of benzene rings is 2. The highest BCUT2D eigenvalue weighted by Gasteiger charge is 2.09. The van der Waals surface area contributed by atoms with Gasteiger partial charge in [0.05, 0.1) is 12.5 Å². The predicted molar refractivity (Wildman–Crippen MR) is 85.6 cm³/mol. The Morgan fingerprint density at radius 3 is 2.30 bits per heavy atom. The molecule has 1 amide bonds. The number of rotatable bonds is 4. The number of carbonyl (C=O) groups excluding carboxylic acids is 1. The van der Waals surface area contributed by atoms with Gasteiger partial charge in [-0.05, 0) is 37.1 Å². The van der Waals surface area contributed by atoms with Crippen LogP contribution in [0.25, 0.3) is 0 Å². The number of hydrogen-bond donors (Lipinski definition) is 1. The lowest BCUT2D eigenvalue weighted by atomic mass is 10.1. The first-order valence-electron chi connectivity index (χ1n) is 6.65. The van der Waals surface area contributed by atoms with Crippen LogP contribution in [0.4, 0.5) is 0 Å². The Kier molecular flexibility index (Phi) is 4.96. The fraction of sp³-hybridized carbons (Fsp3) is 0.235. The van der Waals surface area contributed by atoms with Crippen LogP contribution >= 0.6 is 15.9 Å². The number of aryl methyl sites for hydroxylation is 1. The van der Waals surface area contributed by atoms with E-state index in [2.05, 4.69) is 21.2 Å². The molecule has 0 fully saturated rings. The van der Waals surface area contributed by atoms with Gasteiger partial charge in [-0.3, -0.25) is 4.79 Å². The molecule has 0 aliphatic rings. The van der Waals surface area contributed by atoms with Gasteiger partial charge in [0.1, 0.15) is 0 Å². The van der Waals surface area contributed by atoms with Crippen molar-refractivity contribution in [3.05, 3.63) is 69.7 Å². The Balaban J connectivity index is 1.93. The smallest absolute Gasteiger partial charge is 0.224 e. The molecule has 1 atom stereocenters. The summed E-state index contributed by atoms with van der Waals surface area (Å²) in [6.45, 7) is 4.04. The average Bonchev–Trinajstić information content (AvgIpc) is 2.42. The van der Waals surface area contributed by atoms with Crippen LogP contribution in [-0.2, 0) is 11.2 Å². The fourth-order valence-corrected chi connectivity index (χ4v) is 2.28. The number of hydrogen-bond acceptors (Lipinski definition) is 1. The van der Waals surface area contributed by atoms with Crippen molar-refractivity contribution in [2.45, 2.75) is 26.3 Å². The van der Waals surface area contributed by atoms with Gasteiger partial charge in [0.15, 0.2) is 0 Å². The highest BCUT2D eigenvalue weighted by Crippen LogP contribution is 2.16. The van der Waals surface area contributed by atoms with E-state index in [1.807, 2.05) is 62.4 Å². The lowest BCUT2D eigenvalue weighted by Crippen LogP contribution is -2.28. The third kappa shape index (κ3) is 4.20. The summed E-state index contributed by atoms with van der Waals surface area (Å²) in [5.41, 5.74) is 3.35. The van der Waals surface area contributed by atoms with Crippen LogP contribution in [0.1, 0.15) is 29.7 Å². The molecule has 2 aromatic carbocycles. The number of amides is 1. The van der Waals surface area contributed by atoms with Gasteiger partial charge in [0.25, 0.3) is 0 Å². The van der Waals surface area contributed by atoms with E-state index < -0.39 is 0 Å². The molecule has 2 aromatic rings. The van der Waals surface area contributed by atoms with E-state index in [9.17, 15) is 4.79 Å². The van der Waals surface area contributed by atoms with Crippen molar-refractivity contribution < 1.29 is 4.79 Å². The van der Waals surface area contributed by atoms with Gasteiger partial charge in [0, 0.05) is 4.47 Å². The van der Waals surface area contributed by atoms with E-state index in [0.29, 0.717) is 6.42 Å². The number of halogens is 1. The van der Waals surface area contributed by atoms with Crippen LogP contribution in [-0.4, -0.2) is 5.91 Å². The molecule has 0 bridgehead atoms. The summed E-state index contributed by atoms with van der Waals surface area (Å²) in [5, 5.41) is 3.02. The molecule has 0 aliphatic carbocycles. The third-order valence-corrected chi connectivity index (χ3v) is 3.76. The van der Waals surface area contributed by atoms with Crippen LogP contribution < -0.4 is 5.32 Å². The van der Waals surface area contributed by atoms with Crippen molar-refractivity contribution in [3.8, 4) is 0 Å². The van der Waals surface area contributed by atoms with Crippen molar-refractivity contribution in [2.75, 3.05) is 0 Å². The van der Waals surface area contributed by atoms with Crippen molar-refractivity contribution in [2.24, 2.45) is 0 Å². The maximum Gasteiger partial charge on any atom is 0.224 e. The summed E-state index contributed by atoms with van der Waals surface area (Å²) >= 11 is 3.41. The highest BCUT2D eigenvalue weighted by atomic mass is 79.9. The zero-order chi connectivity index (χ0) is 14.5. The van der Waals surface area contributed by atoms with Gasteiger partial charge in [-0.1, -0.05) is 57.9 Å². The third-order valence-electron chi connectivity index (χ3n) is 3.23. The molecule has 2 nitrogen and oxygen atoms in total. The molecule has 0 unspecified atom stereocenters. The van der Waals surface area contributed by atoms with E-state index in [-0.39, 0.29) is 11.9 Å². The van der Waals surface area contributed by atoms with E-state index in [1.165, 1.54) is 5.56 Å². The van der Waals surface area contributed by atoms with E-state index in [0.717, 1.165) is 15.6 Å². The molecule has 0 heterocycles. The predicted octanol–water partition coefficient (Wildman–Crippen LogP) is 4.18. The molecule has 104 valence electrons. The van der Waals surface area contributed by atoms with Crippen LogP contribution in [0.2, 0.25) is 0 Å². The van der Waals surface area contributed by atoms with Crippen LogP contribution in [0.5, 0.6) is 0 Å². The molecule has 1 N–H and O–H groups in total. The molecule has 3 heteroatoms. The Labute approximate surface area is 128 Å². The normalized spacial score (nSPS) is 11.9. The monoisotopic (exact) mass is 331 g/mol. The van der Waals surface area contributed by atoms with E-state index in [1.54, 1.807) is 0 Å². The van der Waals surface area contributed by atoms with Crippen LogP contribution in [0, 0.1) is 6.92 Å². The van der Waals surface area contributed by atoms with E-state index >= 15 is 0 Å². The molecular weight excluding hydrogens is 314 g/mol. The molecule has 0 aromatic heterocycles. The second kappa shape index (κ2) is 6.71. The minimum Gasteiger partial charge on any atom is -0.349 e. The van der Waals surface area contributed by atoms with Crippen LogP contribution in [0.3, 0.4) is 0 Å². The van der Waals surface area contributed by atoms with E-state index in [4.69, 9.17) is 0 Å². The molecule has 0 spiro atoms. The molecule has 0 radical (unpaired) electrons. The molecular formula is C17H18BrNO. The first kappa shape index (κ1) is 14.8. The lowest BCUT2D eigenvalue weighted by molar-refractivity contribution is -0.121. The zero-order valence-electron chi connectivity index (χ0n) is 11.7. The van der Waals surface area contributed by atoms with Gasteiger partial charge in [-0.15, -0.1) is 0 Å². The molecule has 0 saturated heterocycles. The minimum absolute atomic E-state index is 0.0149. The SMILES string of the molecule is Cc1ccc(CC(=O)N[C@@H](C)c2ccc(Br)cc2)cc1. The minimum atomic E-state index is 0.0149. The van der Waals surface area contributed by atoms with Gasteiger partial charge in [0.2, 0.25) is 5.91 Å². The van der Waals surface area contributed by atoms with Gasteiger partial charge in [-0.25, -0.2) is 0 Å². The van der Waals surface area contributed by atoms with Gasteiger partial charge >= 0.3 is 0 Å². The maximum atomic E-state index is 12.0. The van der Waals surface area contributed by atoms with Gasteiger partial charge < -0.3 is 5.32 Å². The lowest BCUT2D eigenvalue weighted by Gasteiger charge is -2.14. The Morgan fingerprint density at radius 1 is 1.10 bits per heavy atom. The summed E-state index contributed by atoms with van der Waals surface area (Å²) in [4.78, 5) is 12.0. The summed E-state index contributed by atoms with van der Waals surface area (Å²) < 4.78 is 1.04. The Bertz CT molecular complexity index is 575. The topological polar surface area (TPSA) is 29.1 Å². The first-order chi connectivity index (χ1) is 9.54. The average molecular weight is 332 g/mol. The molecule has 0 saturated carbocycles. The van der Waals surface area contributed by atoms with Crippen molar-refractivity contribution in [1.29, 1.82) is 0 Å². The highest BCUT2D eigenvalue weighted by molar-refractivity contribution is 9.10. The summed E-state index contributed by atoms with van der Waals surface area (Å²) in [7, 11) is 0. The maximum absolute atomic E-state index is 12.0. The quantitative estimate of drug-likeness (QED) is 0.894. The Hall–Kier alpha value is -1.61. The molecule has 2 rings (SSSR count). The van der Waals surface area contributed by atoms with Crippen LogP contribution in [0.15, 0.2) is 53.0 Å². The van der Waals surface area contributed by atoms with Gasteiger partial charge in [-0.2, -0.15) is 0 Å². The second-order valence-corrected chi connectivity index (χ2v) is 5.92. The standard InChI is InChI=1S/C17H18BrNO/c1-12-3-5-14(6-4-12)11-17(20)19-13(2)15-7-9-16(18)10-8-15/h3-10,13H,11H2,1-2H3,(H,19,20)/t13-/m0/s1. The summed E-state index contributed by atoms with van der Waals surface area (Å²) in [5.74, 6) is 0.0456. The number of carbonyl (C=O) groups is 1. The van der Waals surface area contributed by atoms with Crippen molar-refractivity contribution >= 4 is 21.8 Å². The second-order valence-electron chi connectivity index (χ2n) is 5.00. The van der Waals surface area contributed by atoms with Crippen molar-refractivity contribution in [1.82, 2.24) is 5.32 Å². The fourth-order valence-electron chi connectivity index (χ4n) is 2.02. The largest absolute Gasteiger partial charge is 0.349 e. The summed E-state index contributed by atoms with van der Waals surface area (Å²) in [6.07, 6.45) is 0.418. The Morgan fingerprint density at radius 2 is 1.70 bits per heavy atom. The summed E-state index contributed by atoms with van der Waals surface area (Å²) in [6, 6.07) is 16.1.